The summed E-state index contributed by atoms with van der Waals surface area (Å²) in [5, 5.41) is 0. The minimum absolute atomic E-state index is 0.0489. The first-order valence-electron chi connectivity index (χ1n) is 9.93. The fourth-order valence-electron chi connectivity index (χ4n) is 3.40. The highest BCUT2D eigenvalue weighted by atomic mass is 19.2. The Balaban J connectivity index is 1.98. The van der Waals surface area contributed by atoms with Crippen LogP contribution in [0.3, 0.4) is 0 Å². The van der Waals surface area contributed by atoms with Gasteiger partial charge in [0.25, 0.3) is 0 Å². The summed E-state index contributed by atoms with van der Waals surface area (Å²) in [6.07, 6.45) is 8.97. The van der Waals surface area contributed by atoms with E-state index in [9.17, 15) is 8.78 Å². The fraction of sp³-hybridized carbons (Fsp3) is 0.636. The molecule has 27 heavy (non-hydrogen) atoms. The van der Waals surface area contributed by atoms with E-state index in [0.717, 1.165) is 30.8 Å². The molecular formula is C22H32F2O3. The van der Waals surface area contributed by atoms with E-state index in [1.54, 1.807) is 0 Å². The highest BCUT2D eigenvalue weighted by Gasteiger charge is 2.22. The summed E-state index contributed by atoms with van der Waals surface area (Å²) in [6.45, 7) is 6.81. The smallest absolute Gasteiger partial charge is 0.196 e. The molecule has 0 aromatic carbocycles. The Morgan fingerprint density at radius 2 is 1.93 bits per heavy atom. The SMILES string of the molecule is CC/C(C1=CC=C(OCC2CCC(CC)CO2)CC1)=C(F)\C(F)=C(/C)OC. The first-order chi connectivity index (χ1) is 13.0. The Morgan fingerprint density at radius 1 is 1.15 bits per heavy atom. The molecule has 1 heterocycles. The van der Waals surface area contributed by atoms with Crippen LogP contribution in [0.15, 0.2) is 46.5 Å². The van der Waals surface area contributed by atoms with E-state index in [2.05, 4.69) is 6.92 Å². The molecule has 0 N–H and O–H groups in total. The zero-order chi connectivity index (χ0) is 19.8. The summed E-state index contributed by atoms with van der Waals surface area (Å²) in [6, 6.07) is 0. The highest BCUT2D eigenvalue weighted by molar-refractivity contribution is 5.43. The number of hydrogen-bond donors (Lipinski definition) is 0. The second-order valence-electron chi connectivity index (χ2n) is 7.16. The van der Waals surface area contributed by atoms with Crippen LogP contribution in [0.4, 0.5) is 8.78 Å². The number of ether oxygens (including phenoxy) is 3. The summed E-state index contributed by atoms with van der Waals surface area (Å²) < 4.78 is 45.1. The highest BCUT2D eigenvalue weighted by Crippen LogP contribution is 2.33. The predicted molar refractivity (Wildman–Crippen MR) is 103 cm³/mol. The van der Waals surface area contributed by atoms with Crippen molar-refractivity contribution < 1.29 is 23.0 Å². The van der Waals surface area contributed by atoms with Gasteiger partial charge in [-0.2, -0.15) is 0 Å². The fourth-order valence-corrected chi connectivity index (χ4v) is 3.40. The average molecular weight is 382 g/mol. The zero-order valence-corrected chi connectivity index (χ0v) is 16.9. The van der Waals surface area contributed by atoms with Gasteiger partial charge in [0.2, 0.25) is 0 Å². The van der Waals surface area contributed by atoms with Crippen molar-refractivity contribution in [2.75, 3.05) is 20.3 Å². The predicted octanol–water partition coefficient (Wildman–Crippen LogP) is 6.29. The monoisotopic (exact) mass is 382 g/mol. The summed E-state index contributed by atoms with van der Waals surface area (Å²) in [7, 11) is 1.33. The lowest BCUT2D eigenvalue weighted by Crippen LogP contribution is -2.29. The first kappa shape index (κ1) is 21.7. The lowest BCUT2D eigenvalue weighted by Gasteiger charge is -2.29. The molecular weight excluding hydrogens is 350 g/mol. The van der Waals surface area contributed by atoms with Gasteiger partial charge in [-0.1, -0.05) is 26.3 Å². The van der Waals surface area contributed by atoms with E-state index in [1.807, 2.05) is 19.1 Å². The number of halogens is 2. The largest absolute Gasteiger partial charge is 0.498 e. The molecule has 0 bridgehead atoms. The van der Waals surface area contributed by atoms with Crippen LogP contribution >= 0.6 is 0 Å². The lowest BCUT2D eigenvalue weighted by atomic mass is 9.93. The molecule has 2 rings (SSSR count). The number of hydrogen-bond acceptors (Lipinski definition) is 3. The standard InChI is InChI=1S/C22H32F2O3/c1-5-16-7-10-19(26-13-16)14-27-18-11-8-17(9-12-18)20(6-2)22(24)21(23)15(3)25-4/h8,11,16,19H,5-7,9-10,12-14H2,1-4H3/b21-15-,22-20-. The van der Waals surface area contributed by atoms with Crippen molar-refractivity contribution in [3.8, 4) is 0 Å². The van der Waals surface area contributed by atoms with Crippen LogP contribution in [-0.4, -0.2) is 26.4 Å². The van der Waals surface area contributed by atoms with Crippen molar-refractivity contribution >= 4 is 0 Å². The van der Waals surface area contributed by atoms with E-state index in [4.69, 9.17) is 14.2 Å². The van der Waals surface area contributed by atoms with Gasteiger partial charge in [0.1, 0.15) is 12.4 Å². The van der Waals surface area contributed by atoms with Gasteiger partial charge in [-0.3, -0.25) is 0 Å². The molecule has 0 spiro atoms. The number of allylic oxidation sites excluding steroid dienone is 8. The van der Waals surface area contributed by atoms with Gasteiger partial charge in [-0.05, 0) is 55.7 Å². The molecule has 3 nitrogen and oxygen atoms in total. The average Bonchev–Trinajstić information content (AvgIpc) is 2.72. The lowest BCUT2D eigenvalue weighted by molar-refractivity contribution is -0.0505. The van der Waals surface area contributed by atoms with Crippen LogP contribution in [0.5, 0.6) is 0 Å². The van der Waals surface area contributed by atoms with E-state index in [-0.39, 0.29) is 11.9 Å². The van der Waals surface area contributed by atoms with Gasteiger partial charge >= 0.3 is 0 Å². The maximum Gasteiger partial charge on any atom is 0.196 e. The second kappa shape index (κ2) is 10.6. The molecule has 5 heteroatoms. The minimum atomic E-state index is -0.930. The molecule has 2 aliphatic rings. The molecule has 0 radical (unpaired) electrons. The Hall–Kier alpha value is -1.62. The van der Waals surface area contributed by atoms with Crippen LogP contribution in [0, 0.1) is 5.92 Å². The van der Waals surface area contributed by atoms with Crippen LogP contribution < -0.4 is 0 Å². The molecule has 0 saturated carbocycles. The summed E-state index contributed by atoms with van der Waals surface area (Å²) in [5.74, 6) is -0.263. The van der Waals surface area contributed by atoms with Gasteiger partial charge < -0.3 is 14.2 Å². The van der Waals surface area contributed by atoms with Crippen molar-refractivity contribution in [1.82, 2.24) is 0 Å². The van der Waals surface area contributed by atoms with Crippen molar-refractivity contribution in [3.05, 3.63) is 46.5 Å². The van der Waals surface area contributed by atoms with E-state index < -0.39 is 11.7 Å². The third-order valence-corrected chi connectivity index (χ3v) is 5.42. The van der Waals surface area contributed by atoms with Gasteiger partial charge in [0, 0.05) is 13.0 Å². The van der Waals surface area contributed by atoms with E-state index >= 15 is 0 Å². The van der Waals surface area contributed by atoms with Crippen molar-refractivity contribution in [3.63, 3.8) is 0 Å². The van der Waals surface area contributed by atoms with E-state index in [1.165, 1.54) is 20.5 Å². The Morgan fingerprint density at radius 3 is 2.44 bits per heavy atom. The normalized spacial score (nSPS) is 25.1. The molecule has 0 amide bonds. The van der Waals surface area contributed by atoms with Crippen LogP contribution in [0.1, 0.15) is 59.3 Å². The summed E-state index contributed by atoms with van der Waals surface area (Å²) in [4.78, 5) is 0. The third kappa shape index (κ3) is 5.93. The molecule has 2 atom stereocenters. The van der Waals surface area contributed by atoms with Crippen molar-refractivity contribution in [2.45, 2.75) is 65.4 Å². The maximum atomic E-state index is 14.5. The van der Waals surface area contributed by atoms with E-state index in [0.29, 0.717) is 37.4 Å². The molecule has 1 saturated heterocycles. The third-order valence-electron chi connectivity index (χ3n) is 5.42. The zero-order valence-electron chi connectivity index (χ0n) is 16.9. The molecule has 152 valence electrons. The molecule has 0 aromatic heterocycles. The quantitative estimate of drug-likeness (QED) is 0.364. The second-order valence-corrected chi connectivity index (χ2v) is 7.16. The van der Waals surface area contributed by atoms with Crippen LogP contribution in [-0.2, 0) is 14.2 Å². The van der Waals surface area contributed by atoms with Gasteiger partial charge in [-0.15, -0.1) is 0 Å². The van der Waals surface area contributed by atoms with Crippen molar-refractivity contribution in [1.29, 1.82) is 0 Å². The number of rotatable bonds is 8. The van der Waals surface area contributed by atoms with Crippen molar-refractivity contribution in [2.24, 2.45) is 5.92 Å². The molecule has 1 fully saturated rings. The number of methoxy groups -OCH3 is 1. The van der Waals surface area contributed by atoms with Gasteiger partial charge in [0.05, 0.1) is 19.0 Å². The van der Waals surface area contributed by atoms with Gasteiger partial charge in [0.15, 0.2) is 11.7 Å². The topological polar surface area (TPSA) is 27.7 Å². The Labute approximate surface area is 161 Å². The Kier molecular flexibility index (Phi) is 8.55. The summed E-state index contributed by atoms with van der Waals surface area (Å²) >= 11 is 0. The summed E-state index contributed by atoms with van der Waals surface area (Å²) in [5.41, 5.74) is 1.20. The van der Waals surface area contributed by atoms with Gasteiger partial charge in [-0.25, -0.2) is 8.78 Å². The van der Waals surface area contributed by atoms with Crippen LogP contribution in [0.2, 0.25) is 0 Å². The molecule has 0 aromatic rings. The maximum absolute atomic E-state index is 14.5. The first-order valence-corrected chi connectivity index (χ1v) is 9.93. The molecule has 1 aliphatic carbocycles. The Bertz CT molecular complexity index is 623. The molecule has 2 unspecified atom stereocenters. The minimum Gasteiger partial charge on any atom is -0.498 e. The molecule has 1 aliphatic heterocycles. The van der Waals surface area contributed by atoms with Crippen LogP contribution in [0.25, 0.3) is 0 Å².